The van der Waals surface area contributed by atoms with Gasteiger partial charge in [0.15, 0.2) is 0 Å². The van der Waals surface area contributed by atoms with Gasteiger partial charge in [0.1, 0.15) is 5.60 Å². The van der Waals surface area contributed by atoms with Crippen molar-refractivity contribution in [1.29, 1.82) is 0 Å². The Balaban J connectivity index is 2.50. The number of hydrogen-bond acceptors (Lipinski definition) is 3. The maximum absolute atomic E-state index is 11.9. The molecule has 1 saturated heterocycles. The molecule has 1 heterocycles. The molecular weight excluding hydrogens is 244 g/mol. The zero-order chi connectivity index (χ0) is 14.7. The molecule has 5 nitrogen and oxygen atoms in total. The second kappa shape index (κ2) is 5.63. The van der Waals surface area contributed by atoms with Crippen molar-refractivity contribution in [3.63, 3.8) is 0 Å². The van der Waals surface area contributed by atoms with Crippen molar-refractivity contribution in [3.8, 4) is 0 Å². The lowest BCUT2D eigenvalue weighted by Crippen LogP contribution is -2.54. The number of likely N-dealkylation sites (tertiary alicyclic amines) is 1. The van der Waals surface area contributed by atoms with Crippen LogP contribution in [0.25, 0.3) is 0 Å². The van der Waals surface area contributed by atoms with Gasteiger partial charge in [-0.1, -0.05) is 6.58 Å². The molecule has 5 heteroatoms. The van der Waals surface area contributed by atoms with E-state index in [2.05, 4.69) is 11.9 Å². The van der Waals surface area contributed by atoms with E-state index in [0.29, 0.717) is 25.9 Å². The molecule has 0 aromatic carbocycles. The molecule has 0 radical (unpaired) electrons. The van der Waals surface area contributed by atoms with Crippen LogP contribution in [-0.4, -0.2) is 41.1 Å². The highest BCUT2D eigenvalue weighted by Gasteiger charge is 2.34. The number of piperidine rings is 1. The van der Waals surface area contributed by atoms with E-state index in [9.17, 15) is 9.59 Å². The second-order valence-electron chi connectivity index (χ2n) is 6.22. The third-order valence-electron chi connectivity index (χ3n) is 3.13. The van der Waals surface area contributed by atoms with Crippen molar-refractivity contribution in [2.24, 2.45) is 0 Å². The molecule has 0 unspecified atom stereocenters. The Labute approximate surface area is 115 Å². The Bertz CT molecular complexity index is 363. The molecule has 1 fully saturated rings. The lowest BCUT2D eigenvalue weighted by molar-refractivity contribution is -0.118. The first-order chi connectivity index (χ1) is 8.65. The van der Waals surface area contributed by atoms with E-state index in [-0.39, 0.29) is 17.5 Å². The van der Waals surface area contributed by atoms with Gasteiger partial charge in [0.2, 0.25) is 5.91 Å². The third-order valence-corrected chi connectivity index (χ3v) is 3.13. The van der Waals surface area contributed by atoms with E-state index in [4.69, 9.17) is 4.74 Å². The highest BCUT2D eigenvalue weighted by Crippen LogP contribution is 2.23. The second-order valence-corrected chi connectivity index (χ2v) is 6.22. The van der Waals surface area contributed by atoms with Crippen LogP contribution < -0.4 is 5.32 Å². The normalized spacial score (nSPS) is 18.6. The fourth-order valence-corrected chi connectivity index (χ4v) is 1.98. The van der Waals surface area contributed by atoms with Crippen LogP contribution in [0.5, 0.6) is 0 Å². The molecule has 0 aromatic heterocycles. The summed E-state index contributed by atoms with van der Waals surface area (Å²) in [6.45, 7) is 12.2. The van der Waals surface area contributed by atoms with Gasteiger partial charge in [-0.3, -0.25) is 4.79 Å². The summed E-state index contributed by atoms with van der Waals surface area (Å²) in [7, 11) is 0. The summed E-state index contributed by atoms with van der Waals surface area (Å²) in [6, 6.07) is 0. The number of rotatable bonds is 2. The van der Waals surface area contributed by atoms with Gasteiger partial charge in [-0.25, -0.2) is 4.79 Å². The summed E-state index contributed by atoms with van der Waals surface area (Å²) in [6.07, 6.45) is 2.41. The number of ether oxygens (including phenoxy) is 1. The van der Waals surface area contributed by atoms with Gasteiger partial charge in [-0.05, 0) is 46.6 Å². The first-order valence-corrected chi connectivity index (χ1v) is 6.58. The van der Waals surface area contributed by atoms with E-state index >= 15 is 0 Å². The number of amides is 2. The van der Waals surface area contributed by atoms with E-state index in [1.54, 1.807) is 4.90 Å². The molecule has 0 aliphatic carbocycles. The maximum Gasteiger partial charge on any atom is 0.410 e. The third kappa shape index (κ3) is 4.93. The van der Waals surface area contributed by atoms with Crippen molar-refractivity contribution < 1.29 is 14.3 Å². The minimum absolute atomic E-state index is 0.173. The minimum Gasteiger partial charge on any atom is -0.444 e. The smallest absolute Gasteiger partial charge is 0.410 e. The molecular formula is C14H24N2O3. The van der Waals surface area contributed by atoms with Crippen LogP contribution in [0.3, 0.4) is 0 Å². The molecule has 0 atom stereocenters. The van der Waals surface area contributed by atoms with E-state index < -0.39 is 5.60 Å². The maximum atomic E-state index is 11.9. The number of carbonyl (C=O) groups excluding carboxylic acids is 2. The standard InChI is InChI=1S/C14H24N2O3/c1-6-11(17)15-14(5)7-9-16(10-8-14)12(18)19-13(2,3)4/h6H,1,7-10H2,2-5H3,(H,15,17). The summed E-state index contributed by atoms with van der Waals surface area (Å²) in [5, 5.41) is 2.92. The van der Waals surface area contributed by atoms with Gasteiger partial charge in [-0.15, -0.1) is 0 Å². The molecule has 2 amide bonds. The van der Waals surface area contributed by atoms with E-state index in [1.807, 2.05) is 27.7 Å². The quantitative estimate of drug-likeness (QED) is 0.780. The Morgan fingerprint density at radius 3 is 2.26 bits per heavy atom. The summed E-state index contributed by atoms with van der Waals surface area (Å²) in [5.74, 6) is -0.173. The van der Waals surface area contributed by atoms with Gasteiger partial charge in [0.25, 0.3) is 0 Å². The first-order valence-electron chi connectivity index (χ1n) is 6.58. The molecule has 0 bridgehead atoms. The van der Waals surface area contributed by atoms with Gasteiger partial charge >= 0.3 is 6.09 Å². The fraction of sp³-hybridized carbons (Fsp3) is 0.714. The van der Waals surface area contributed by atoms with Crippen molar-refractivity contribution in [2.45, 2.75) is 51.7 Å². The Morgan fingerprint density at radius 1 is 1.32 bits per heavy atom. The van der Waals surface area contributed by atoms with Crippen LogP contribution >= 0.6 is 0 Å². The van der Waals surface area contributed by atoms with Gasteiger partial charge in [-0.2, -0.15) is 0 Å². The Hall–Kier alpha value is -1.52. The summed E-state index contributed by atoms with van der Waals surface area (Å²) in [5.41, 5.74) is -0.751. The van der Waals surface area contributed by atoms with Crippen LogP contribution in [0, 0.1) is 0 Å². The van der Waals surface area contributed by atoms with Crippen LogP contribution in [0.4, 0.5) is 4.79 Å². The van der Waals surface area contributed by atoms with E-state index in [0.717, 1.165) is 0 Å². The summed E-state index contributed by atoms with van der Waals surface area (Å²) in [4.78, 5) is 24.9. The Kier molecular flexibility index (Phi) is 4.61. The summed E-state index contributed by atoms with van der Waals surface area (Å²) < 4.78 is 5.33. The van der Waals surface area contributed by atoms with Crippen LogP contribution in [0.2, 0.25) is 0 Å². The van der Waals surface area contributed by atoms with Crippen LogP contribution in [0.15, 0.2) is 12.7 Å². The molecule has 0 spiro atoms. The monoisotopic (exact) mass is 268 g/mol. The van der Waals surface area contributed by atoms with Crippen molar-refractivity contribution in [1.82, 2.24) is 10.2 Å². The molecule has 1 aliphatic heterocycles. The predicted molar refractivity (Wildman–Crippen MR) is 73.8 cm³/mol. The lowest BCUT2D eigenvalue weighted by Gasteiger charge is -2.40. The lowest BCUT2D eigenvalue weighted by atomic mass is 9.89. The van der Waals surface area contributed by atoms with Gasteiger partial charge in [0, 0.05) is 18.6 Å². The zero-order valence-electron chi connectivity index (χ0n) is 12.3. The minimum atomic E-state index is -0.477. The van der Waals surface area contributed by atoms with Gasteiger partial charge in [0.05, 0.1) is 0 Å². The van der Waals surface area contributed by atoms with Crippen LogP contribution in [-0.2, 0) is 9.53 Å². The highest BCUT2D eigenvalue weighted by molar-refractivity contribution is 5.87. The molecule has 0 aromatic rings. The van der Waals surface area contributed by atoms with Gasteiger partial charge < -0.3 is 15.0 Å². The van der Waals surface area contributed by atoms with Crippen LogP contribution in [0.1, 0.15) is 40.5 Å². The zero-order valence-corrected chi connectivity index (χ0v) is 12.3. The number of nitrogens with zero attached hydrogens (tertiary/aromatic N) is 1. The molecule has 1 aliphatic rings. The number of hydrogen-bond donors (Lipinski definition) is 1. The molecule has 0 saturated carbocycles. The fourth-order valence-electron chi connectivity index (χ4n) is 1.98. The predicted octanol–water partition coefficient (Wildman–Crippen LogP) is 2.08. The largest absolute Gasteiger partial charge is 0.444 e. The number of nitrogens with one attached hydrogen (secondary N) is 1. The average Bonchev–Trinajstić information content (AvgIpc) is 2.26. The Morgan fingerprint density at radius 2 is 1.84 bits per heavy atom. The molecule has 1 rings (SSSR count). The van der Waals surface area contributed by atoms with Crippen molar-refractivity contribution in [3.05, 3.63) is 12.7 Å². The van der Waals surface area contributed by atoms with Crippen molar-refractivity contribution in [2.75, 3.05) is 13.1 Å². The summed E-state index contributed by atoms with van der Waals surface area (Å²) >= 11 is 0. The highest BCUT2D eigenvalue weighted by atomic mass is 16.6. The first kappa shape index (κ1) is 15.5. The molecule has 1 N–H and O–H groups in total. The van der Waals surface area contributed by atoms with Crippen molar-refractivity contribution >= 4 is 12.0 Å². The SMILES string of the molecule is C=CC(=O)NC1(C)CCN(C(=O)OC(C)(C)C)CC1. The average molecular weight is 268 g/mol. The molecule has 108 valence electrons. The molecule has 19 heavy (non-hydrogen) atoms. The number of carbonyl (C=O) groups is 2. The topological polar surface area (TPSA) is 58.6 Å². The van der Waals surface area contributed by atoms with E-state index in [1.165, 1.54) is 6.08 Å².